The summed E-state index contributed by atoms with van der Waals surface area (Å²) in [6.07, 6.45) is 6.34. The molecule has 0 radical (unpaired) electrons. The Hall–Kier alpha value is -0.590. The molecule has 1 rings (SSSR count). The minimum Gasteiger partial charge on any atom is -0.303 e. The van der Waals surface area contributed by atoms with E-state index < -0.39 is 0 Å². The van der Waals surface area contributed by atoms with Crippen molar-refractivity contribution in [1.29, 1.82) is 5.26 Å². The van der Waals surface area contributed by atoms with Gasteiger partial charge in [0, 0.05) is 19.1 Å². The zero-order chi connectivity index (χ0) is 13.6. The van der Waals surface area contributed by atoms with Gasteiger partial charge in [0.2, 0.25) is 0 Å². The van der Waals surface area contributed by atoms with Crippen molar-refractivity contribution in [3.05, 3.63) is 0 Å². The molecular formula is C15H29N3. The number of rotatable bonds is 7. The Morgan fingerprint density at radius 2 is 2.00 bits per heavy atom. The highest BCUT2D eigenvalue weighted by molar-refractivity contribution is 5.03. The van der Waals surface area contributed by atoms with Crippen LogP contribution in [-0.4, -0.2) is 36.6 Å². The second-order valence-electron chi connectivity index (χ2n) is 6.27. The molecule has 3 heteroatoms. The highest BCUT2D eigenvalue weighted by Crippen LogP contribution is 2.25. The van der Waals surface area contributed by atoms with Crippen molar-refractivity contribution >= 4 is 0 Å². The van der Waals surface area contributed by atoms with Gasteiger partial charge in [0.1, 0.15) is 5.54 Å². The van der Waals surface area contributed by atoms with Crippen molar-refractivity contribution in [2.24, 2.45) is 5.92 Å². The van der Waals surface area contributed by atoms with Crippen molar-refractivity contribution in [3.8, 4) is 6.07 Å². The van der Waals surface area contributed by atoms with E-state index >= 15 is 0 Å². The van der Waals surface area contributed by atoms with E-state index in [1.54, 1.807) is 0 Å². The Bertz CT molecular complexity index is 276. The standard InChI is InChI=1S/C15H29N3/c1-13(2)11-18(14-7-5-6-8-14)10-9-15(3,12-16)17-4/h13-14,17H,5-11H2,1-4H3. The molecule has 1 aliphatic rings. The molecule has 0 amide bonds. The van der Waals surface area contributed by atoms with Gasteiger partial charge in [0.05, 0.1) is 6.07 Å². The second kappa shape index (κ2) is 7.11. The smallest absolute Gasteiger partial charge is 0.104 e. The van der Waals surface area contributed by atoms with E-state index in [2.05, 4.69) is 30.1 Å². The van der Waals surface area contributed by atoms with E-state index in [9.17, 15) is 5.26 Å². The molecule has 0 aromatic carbocycles. The Morgan fingerprint density at radius 1 is 1.39 bits per heavy atom. The average Bonchev–Trinajstić information content (AvgIpc) is 2.87. The molecule has 1 saturated carbocycles. The first-order valence-electron chi connectivity index (χ1n) is 7.35. The monoisotopic (exact) mass is 251 g/mol. The summed E-state index contributed by atoms with van der Waals surface area (Å²) in [5.41, 5.74) is -0.381. The number of nitriles is 1. The summed E-state index contributed by atoms with van der Waals surface area (Å²) in [7, 11) is 1.88. The van der Waals surface area contributed by atoms with Crippen molar-refractivity contribution in [1.82, 2.24) is 10.2 Å². The largest absolute Gasteiger partial charge is 0.303 e. The predicted octanol–water partition coefficient (Wildman–Crippen LogP) is 2.78. The molecule has 0 bridgehead atoms. The first kappa shape index (κ1) is 15.5. The quantitative estimate of drug-likeness (QED) is 0.756. The third-order valence-corrected chi connectivity index (χ3v) is 4.14. The molecule has 1 aliphatic carbocycles. The highest BCUT2D eigenvalue weighted by Gasteiger charge is 2.27. The van der Waals surface area contributed by atoms with Crippen molar-refractivity contribution in [2.45, 2.75) is 64.5 Å². The van der Waals surface area contributed by atoms with Crippen LogP contribution >= 0.6 is 0 Å². The molecule has 0 aromatic heterocycles. The number of hydrogen-bond acceptors (Lipinski definition) is 3. The van der Waals surface area contributed by atoms with Gasteiger partial charge in [0.15, 0.2) is 0 Å². The molecule has 1 atom stereocenters. The molecule has 0 aliphatic heterocycles. The van der Waals surface area contributed by atoms with Gasteiger partial charge in [0.25, 0.3) is 0 Å². The number of hydrogen-bond donors (Lipinski definition) is 1. The van der Waals surface area contributed by atoms with Gasteiger partial charge in [-0.1, -0.05) is 26.7 Å². The van der Waals surface area contributed by atoms with E-state index in [4.69, 9.17) is 0 Å². The van der Waals surface area contributed by atoms with Gasteiger partial charge in [-0.2, -0.15) is 5.26 Å². The molecule has 1 unspecified atom stereocenters. The summed E-state index contributed by atoms with van der Waals surface area (Å²) >= 11 is 0. The lowest BCUT2D eigenvalue weighted by molar-refractivity contribution is 0.164. The Morgan fingerprint density at radius 3 is 2.44 bits per heavy atom. The summed E-state index contributed by atoms with van der Waals surface area (Å²) in [6, 6.07) is 3.15. The van der Waals surface area contributed by atoms with Crippen molar-refractivity contribution < 1.29 is 0 Å². The van der Waals surface area contributed by atoms with E-state index in [-0.39, 0.29) is 5.54 Å². The molecule has 104 valence electrons. The molecule has 18 heavy (non-hydrogen) atoms. The fourth-order valence-electron chi connectivity index (χ4n) is 2.77. The number of nitrogens with one attached hydrogen (secondary N) is 1. The molecule has 1 N–H and O–H groups in total. The van der Waals surface area contributed by atoms with Gasteiger partial charge < -0.3 is 10.2 Å². The molecular weight excluding hydrogens is 222 g/mol. The van der Waals surface area contributed by atoms with Gasteiger partial charge >= 0.3 is 0 Å². The lowest BCUT2D eigenvalue weighted by atomic mass is 9.99. The third kappa shape index (κ3) is 4.59. The lowest BCUT2D eigenvalue weighted by Gasteiger charge is -2.33. The topological polar surface area (TPSA) is 39.1 Å². The fraction of sp³-hybridized carbons (Fsp3) is 0.933. The molecule has 0 aromatic rings. The van der Waals surface area contributed by atoms with E-state index in [1.165, 1.54) is 25.7 Å². The number of nitrogens with zero attached hydrogens (tertiary/aromatic N) is 2. The predicted molar refractivity (Wildman–Crippen MR) is 76.4 cm³/mol. The van der Waals surface area contributed by atoms with E-state index in [0.717, 1.165) is 25.6 Å². The van der Waals surface area contributed by atoms with Crippen LogP contribution in [0.15, 0.2) is 0 Å². The van der Waals surface area contributed by atoms with Crippen LogP contribution in [0.4, 0.5) is 0 Å². The Labute approximate surface area is 113 Å². The van der Waals surface area contributed by atoms with Crippen LogP contribution in [0.25, 0.3) is 0 Å². The summed E-state index contributed by atoms with van der Waals surface area (Å²) in [5, 5.41) is 12.4. The zero-order valence-electron chi connectivity index (χ0n) is 12.5. The van der Waals surface area contributed by atoms with Crippen LogP contribution in [0.3, 0.4) is 0 Å². The summed E-state index contributed by atoms with van der Waals surface area (Å²) in [4.78, 5) is 2.62. The maximum atomic E-state index is 9.21. The highest BCUT2D eigenvalue weighted by atomic mass is 15.2. The van der Waals surface area contributed by atoms with Crippen LogP contribution < -0.4 is 5.32 Å². The minimum absolute atomic E-state index is 0.381. The first-order chi connectivity index (χ1) is 8.50. The maximum absolute atomic E-state index is 9.21. The minimum atomic E-state index is -0.381. The lowest BCUT2D eigenvalue weighted by Crippen LogP contribution is -2.44. The Balaban J connectivity index is 2.53. The van der Waals surface area contributed by atoms with Crippen LogP contribution in [0.5, 0.6) is 0 Å². The van der Waals surface area contributed by atoms with Gasteiger partial charge in [-0.15, -0.1) is 0 Å². The summed E-state index contributed by atoms with van der Waals surface area (Å²) < 4.78 is 0. The molecule has 0 saturated heterocycles. The van der Waals surface area contributed by atoms with Crippen molar-refractivity contribution in [2.75, 3.05) is 20.1 Å². The summed E-state index contributed by atoms with van der Waals surface area (Å²) in [6.45, 7) is 8.76. The average molecular weight is 251 g/mol. The van der Waals surface area contributed by atoms with E-state index in [1.807, 2.05) is 14.0 Å². The van der Waals surface area contributed by atoms with Crippen LogP contribution in [0.1, 0.15) is 52.9 Å². The molecule has 0 spiro atoms. The van der Waals surface area contributed by atoms with Crippen LogP contribution in [0, 0.1) is 17.2 Å². The fourth-order valence-corrected chi connectivity index (χ4v) is 2.77. The Kier molecular flexibility index (Phi) is 6.11. The normalized spacial score (nSPS) is 20.3. The molecule has 0 heterocycles. The SMILES string of the molecule is CNC(C)(C#N)CCN(CC(C)C)C1CCCC1. The van der Waals surface area contributed by atoms with Crippen molar-refractivity contribution in [3.63, 3.8) is 0 Å². The zero-order valence-corrected chi connectivity index (χ0v) is 12.5. The summed E-state index contributed by atoms with van der Waals surface area (Å²) in [5.74, 6) is 0.702. The third-order valence-electron chi connectivity index (χ3n) is 4.14. The molecule has 3 nitrogen and oxygen atoms in total. The van der Waals surface area contributed by atoms with E-state index in [0.29, 0.717) is 5.92 Å². The second-order valence-corrected chi connectivity index (χ2v) is 6.27. The van der Waals surface area contributed by atoms with Gasteiger partial charge in [-0.3, -0.25) is 0 Å². The van der Waals surface area contributed by atoms with Gasteiger partial charge in [-0.25, -0.2) is 0 Å². The first-order valence-corrected chi connectivity index (χ1v) is 7.35. The van der Waals surface area contributed by atoms with Crippen LogP contribution in [-0.2, 0) is 0 Å². The van der Waals surface area contributed by atoms with Gasteiger partial charge in [-0.05, 0) is 39.2 Å². The maximum Gasteiger partial charge on any atom is 0.104 e. The van der Waals surface area contributed by atoms with Crippen LogP contribution in [0.2, 0.25) is 0 Å². The molecule has 1 fully saturated rings.